The van der Waals surface area contributed by atoms with Crippen molar-refractivity contribution in [3.8, 4) is 0 Å². The van der Waals surface area contributed by atoms with Crippen LogP contribution in [-0.4, -0.2) is 47.1 Å². The van der Waals surface area contributed by atoms with Crippen LogP contribution < -0.4 is 0 Å². The summed E-state index contributed by atoms with van der Waals surface area (Å²) >= 11 is 0. The molecule has 6 nitrogen and oxygen atoms in total. The van der Waals surface area contributed by atoms with Crippen molar-refractivity contribution in [1.29, 1.82) is 0 Å². The number of allylic oxidation sites excluding steroid dienone is 4. The Morgan fingerprint density at radius 3 is 0.893 bits per heavy atom. The van der Waals surface area contributed by atoms with E-state index in [0.717, 1.165) is 68.1 Å². The molecule has 0 N–H and O–H groups in total. The van der Waals surface area contributed by atoms with E-state index in [1.165, 1.54) is 30.4 Å². The number of halogens is 21. The summed E-state index contributed by atoms with van der Waals surface area (Å²) in [5, 5.41) is 4.55. The fourth-order valence-corrected chi connectivity index (χ4v) is 8.20. The van der Waals surface area contributed by atoms with Crippen LogP contribution in [0.25, 0.3) is 5.32 Å². The van der Waals surface area contributed by atoms with Gasteiger partial charge in [-0.05, 0) is 101 Å². The molecule has 4 saturated heterocycles. The van der Waals surface area contributed by atoms with Crippen molar-refractivity contribution < 1.29 is 120 Å². The molecule has 0 aromatic rings. The summed E-state index contributed by atoms with van der Waals surface area (Å²) in [6.07, 6.45) is 11.4. The third-order valence-corrected chi connectivity index (χ3v) is 15.9. The van der Waals surface area contributed by atoms with Crippen molar-refractivity contribution in [2.24, 2.45) is 46.3 Å². The summed E-state index contributed by atoms with van der Waals surface area (Å²) in [6.45, 7) is 59.9. The fraction of sp³-hybridized carbons (Fsp3) is 0.786. The maximum absolute atomic E-state index is 11.5. The normalized spacial score (nSPS) is 24.8. The Bertz CT molecular complexity index is 1400. The van der Waals surface area contributed by atoms with Gasteiger partial charge in [0.15, 0.2) is 5.78 Å². The second-order valence-electron chi connectivity index (χ2n) is 22.8. The monoisotopic (exact) mass is 1540 g/mol. The van der Waals surface area contributed by atoms with Crippen LogP contribution in [0.5, 0.6) is 0 Å². The first kappa shape index (κ1) is 114. The van der Waals surface area contributed by atoms with Gasteiger partial charge in [0, 0.05) is 113 Å². The van der Waals surface area contributed by atoms with Gasteiger partial charge in [0.2, 0.25) is 0 Å². The third kappa shape index (κ3) is 43.7. The molecule has 6 fully saturated rings. The molecule has 0 bridgehead atoms. The van der Waals surface area contributed by atoms with Crippen molar-refractivity contribution in [3.05, 3.63) is 66.4 Å². The number of hydrogen-bond acceptors (Lipinski definition) is 5. The molecule has 6 rings (SSSR count). The molecule has 28 heteroatoms. The van der Waals surface area contributed by atoms with Gasteiger partial charge < -0.3 is 19.5 Å². The minimum atomic E-state index is -0.183. The zero-order valence-electron chi connectivity index (χ0n) is 51.9. The molecule has 84 heavy (non-hydrogen) atoms. The second-order valence-corrected chi connectivity index (χ2v) is 22.8. The van der Waals surface area contributed by atoms with Gasteiger partial charge >= 0.3 is 0 Å². The van der Waals surface area contributed by atoms with Crippen LogP contribution in [0.1, 0.15) is 203 Å². The van der Waals surface area contributed by atoms with Crippen LogP contribution in [0.3, 0.4) is 0 Å². The SMILES string of the molecule is C.C=C1CC(=O)C(C)(C(C)C)C1.C=C1CCC(C)(C(C)C)C1.C=C1CCC(C)(C(C)C)O1.C=C1CCC(C)(C(C)C)O1.C=C1C[N-]C(C)(C(C)C)C1.CC(C)C1(C)CC(=O)CO1.F.F.F.FF.FF.FF.FF.FF.FF.FF.FF.FF.[Rf]. The van der Waals surface area contributed by atoms with E-state index >= 15 is 0 Å². The molecule has 6 unspecified atom stereocenters. The maximum Gasteiger partial charge on any atom is 0.161 e. The van der Waals surface area contributed by atoms with Gasteiger partial charge in [0.05, 0.1) is 17.1 Å². The van der Waals surface area contributed by atoms with Crippen LogP contribution >= 0.6 is 0 Å². The van der Waals surface area contributed by atoms with E-state index in [-0.39, 0.29) is 55.1 Å². The van der Waals surface area contributed by atoms with E-state index in [4.69, 9.17) is 96.5 Å². The van der Waals surface area contributed by atoms with E-state index in [9.17, 15) is 9.59 Å². The van der Waals surface area contributed by atoms with Crippen LogP contribution in [-0.2, 0) is 23.8 Å². The first-order chi connectivity index (χ1) is 36.7. The molecular formula is C56H103F21NO5Rf-. The van der Waals surface area contributed by atoms with Gasteiger partial charge in [-0.1, -0.05) is 160 Å². The Hall–Kier alpha value is -4.91. The van der Waals surface area contributed by atoms with Crippen molar-refractivity contribution in [2.45, 2.75) is 225 Å². The third-order valence-electron chi connectivity index (χ3n) is 15.9. The fourth-order valence-electron chi connectivity index (χ4n) is 8.20. The molecule has 2 saturated carbocycles. The van der Waals surface area contributed by atoms with Gasteiger partial charge in [-0.3, -0.25) is 23.7 Å². The zero-order valence-corrected chi connectivity index (χ0v) is 58.3. The summed E-state index contributed by atoms with van der Waals surface area (Å²) in [5.41, 5.74) is 4.44. The van der Waals surface area contributed by atoms with Gasteiger partial charge in [0.25, 0.3) is 0 Å². The van der Waals surface area contributed by atoms with E-state index in [2.05, 4.69) is 156 Å². The van der Waals surface area contributed by atoms with Crippen molar-refractivity contribution in [2.75, 3.05) is 13.2 Å². The van der Waals surface area contributed by atoms with Crippen molar-refractivity contribution in [3.63, 3.8) is 0 Å². The number of carbonyl (C=O) groups is 2. The summed E-state index contributed by atoms with van der Waals surface area (Å²) in [4.78, 5) is 22.3. The number of nitrogens with zero attached hydrogens (tertiary/aromatic N) is 1. The number of ketones is 2. The summed E-state index contributed by atoms with van der Waals surface area (Å²) in [5.74, 6) is 6.02. The van der Waals surface area contributed by atoms with E-state index in [1.807, 2.05) is 6.92 Å². The first-order valence-corrected chi connectivity index (χ1v) is 25.1. The average molecular weight is 1540 g/mol. The van der Waals surface area contributed by atoms with Crippen molar-refractivity contribution >= 4 is 11.6 Å². The Morgan fingerprint density at radius 1 is 0.429 bits per heavy atom. The minimum Gasteiger partial charge on any atom is -0.653 e. The first-order valence-electron chi connectivity index (χ1n) is 25.1. The molecule has 4 heterocycles. The number of hydrogen-bond donors (Lipinski definition) is 0. The Labute approximate surface area is 482 Å². The van der Waals surface area contributed by atoms with Crippen LogP contribution in [0, 0.1) is 46.3 Å². The standard InChI is InChI=1S/C10H16O.C10H18.C9H16N.2C9H16O.C8H14O2.CH4.9F2.3FH.Rf/c1-7(2)10(4)6-8(3)5-9(10)11;1-8(2)10(4)6-5-9(3)7-10;1-7(2)9(4)5-8(3)6-10-9;2*1-7(2)9(4)6-5-8(3)10-9;1-6(2)8(3)4-7(9)5-10-8;;9*1-2;;;;/h7H,3,5-6H2,1-2,4H3;8H,3,5-7H2,1-2,4H3;3*7H,3,5-6H2,1-2,4H3;6H,4-5H2,1-3H3;1H4;;;;;;;;;;3*1H;/q;;-1;;;;;;;;;;;;;;;;;. The number of ether oxygens (including phenoxy) is 3. The van der Waals surface area contributed by atoms with E-state index < -0.39 is 0 Å². The molecule has 2 aliphatic carbocycles. The van der Waals surface area contributed by atoms with Crippen LogP contribution in [0.15, 0.2) is 61.1 Å². The Balaban J connectivity index is -0.0000000546. The largest absolute Gasteiger partial charge is 0.653 e. The molecule has 0 aromatic carbocycles. The number of rotatable bonds is 6. The second kappa shape index (κ2) is 61.2. The molecule has 0 aromatic heterocycles. The molecule has 512 valence electrons. The molecular weight excluding hydrogens is 1430 g/mol. The van der Waals surface area contributed by atoms with E-state index in [1.54, 1.807) is 0 Å². The van der Waals surface area contributed by atoms with Gasteiger partial charge in [-0.2, -0.15) is 0 Å². The smallest absolute Gasteiger partial charge is 0.161 e. The quantitative estimate of drug-likeness (QED) is 0.196. The summed E-state index contributed by atoms with van der Waals surface area (Å²) < 4.78 is 161. The zero-order chi connectivity index (χ0) is 65.5. The Kier molecular flexibility index (Phi) is 82.9. The van der Waals surface area contributed by atoms with Crippen molar-refractivity contribution in [1.82, 2.24) is 0 Å². The van der Waals surface area contributed by atoms with Crippen LogP contribution in [0.4, 0.5) is 96.4 Å². The molecule has 0 radical (unpaired) electrons. The van der Waals surface area contributed by atoms with Gasteiger partial charge in [-0.15, -0.1) is 18.7 Å². The molecule has 6 atom stereocenters. The maximum atomic E-state index is 11.5. The van der Waals surface area contributed by atoms with E-state index in [0.29, 0.717) is 60.2 Å². The van der Waals surface area contributed by atoms with Gasteiger partial charge in [-0.25, -0.2) is 0 Å². The number of carbonyl (C=O) groups excluding carboxylic acids is 2. The Morgan fingerprint density at radius 2 is 0.774 bits per heavy atom. The molecule has 0 amide bonds. The van der Waals surface area contributed by atoms with Gasteiger partial charge in [0.1, 0.15) is 23.6 Å². The molecule has 0 spiro atoms. The topological polar surface area (TPSA) is 75.9 Å². The van der Waals surface area contributed by atoms with Crippen LogP contribution in [0.2, 0.25) is 0 Å². The molecule has 4 aliphatic heterocycles. The average Bonchev–Trinajstić information content (AvgIpc) is 4.30. The predicted octanol–water partition coefficient (Wildman–Crippen LogP) is 24.2. The predicted molar refractivity (Wildman–Crippen MR) is 296 cm³/mol. The summed E-state index contributed by atoms with van der Waals surface area (Å²) in [6, 6.07) is 0. The summed E-state index contributed by atoms with van der Waals surface area (Å²) in [7, 11) is 0. The molecule has 6 aliphatic rings. The number of Topliss-reactive ketones (excluding diaryl/α,β-unsaturated/α-hetero) is 2. The minimum absolute atomic E-state index is 0.